The van der Waals surface area contributed by atoms with Gasteiger partial charge in [0.05, 0.1) is 17.0 Å². The second-order valence-corrected chi connectivity index (χ2v) is 4.36. The summed E-state index contributed by atoms with van der Waals surface area (Å²) in [5.41, 5.74) is 0.599. The molecular formula is C11H8BrN3O4. The monoisotopic (exact) mass is 325 g/mol. The van der Waals surface area contributed by atoms with E-state index in [1.165, 1.54) is 24.5 Å². The second kappa shape index (κ2) is 5.61. The van der Waals surface area contributed by atoms with Gasteiger partial charge in [0.15, 0.2) is 0 Å². The minimum atomic E-state index is -0.557. The number of hydrogen-bond donors (Lipinski definition) is 1. The van der Waals surface area contributed by atoms with Gasteiger partial charge < -0.3 is 9.84 Å². The van der Waals surface area contributed by atoms with E-state index < -0.39 is 10.8 Å². The average molecular weight is 326 g/mol. The number of aromatic nitrogens is 1. The highest BCUT2D eigenvalue weighted by atomic mass is 79.9. The molecule has 98 valence electrons. The summed E-state index contributed by atoms with van der Waals surface area (Å²) < 4.78 is 4.78. The molecule has 0 aliphatic carbocycles. The molecule has 1 aromatic heterocycles. The van der Waals surface area contributed by atoms with Gasteiger partial charge in [0, 0.05) is 12.1 Å². The van der Waals surface area contributed by atoms with Gasteiger partial charge in [-0.3, -0.25) is 14.9 Å². The highest BCUT2D eigenvalue weighted by Crippen LogP contribution is 2.28. The molecule has 2 aromatic rings. The van der Waals surface area contributed by atoms with Crippen LogP contribution in [0.25, 0.3) is 0 Å². The lowest BCUT2D eigenvalue weighted by Gasteiger charge is -2.05. The smallest absolute Gasteiger partial charge is 0.284 e. The SMILES string of the molecule is O=C(NCc1ccon1)c1cccc([N+](=O)[O-])c1Br. The Morgan fingerprint density at radius 2 is 2.26 bits per heavy atom. The van der Waals surface area contributed by atoms with Crippen molar-refractivity contribution < 1.29 is 14.2 Å². The van der Waals surface area contributed by atoms with E-state index in [1.807, 2.05) is 0 Å². The van der Waals surface area contributed by atoms with Gasteiger partial charge in [0.1, 0.15) is 16.4 Å². The Hall–Kier alpha value is -2.22. The highest BCUT2D eigenvalue weighted by Gasteiger charge is 2.19. The third kappa shape index (κ3) is 2.97. The zero-order chi connectivity index (χ0) is 13.8. The third-order valence-corrected chi connectivity index (χ3v) is 3.17. The number of carbonyl (C=O) groups is 1. The number of rotatable bonds is 4. The van der Waals surface area contributed by atoms with Crippen LogP contribution in [-0.4, -0.2) is 16.0 Å². The number of nitrogens with zero attached hydrogens (tertiary/aromatic N) is 2. The van der Waals surface area contributed by atoms with E-state index in [0.717, 1.165) is 0 Å². The normalized spacial score (nSPS) is 10.2. The summed E-state index contributed by atoms with van der Waals surface area (Å²) in [5.74, 6) is -0.432. The number of nitro groups is 1. The van der Waals surface area contributed by atoms with Crippen LogP contribution in [0.15, 0.2) is 39.5 Å². The molecule has 0 spiro atoms. The van der Waals surface area contributed by atoms with Crippen LogP contribution < -0.4 is 5.32 Å². The van der Waals surface area contributed by atoms with Crippen molar-refractivity contribution in [2.24, 2.45) is 0 Å². The van der Waals surface area contributed by atoms with Crippen LogP contribution in [0.3, 0.4) is 0 Å². The quantitative estimate of drug-likeness (QED) is 0.686. The minimum absolute atomic E-state index is 0.151. The maximum absolute atomic E-state index is 11.9. The lowest BCUT2D eigenvalue weighted by Crippen LogP contribution is -2.23. The molecule has 0 radical (unpaired) electrons. The Balaban J connectivity index is 2.15. The summed E-state index contributed by atoms with van der Waals surface area (Å²) in [7, 11) is 0. The van der Waals surface area contributed by atoms with E-state index >= 15 is 0 Å². The molecule has 1 heterocycles. The van der Waals surface area contributed by atoms with Gasteiger partial charge in [-0.05, 0) is 22.0 Å². The fourth-order valence-corrected chi connectivity index (χ4v) is 2.02. The number of nitro benzene ring substituents is 1. The van der Waals surface area contributed by atoms with Crippen LogP contribution in [-0.2, 0) is 6.54 Å². The van der Waals surface area contributed by atoms with Crippen molar-refractivity contribution in [2.45, 2.75) is 6.54 Å². The standard InChI is InChI=1S/C11H8BrN3O4/c12-10-8(2-1-3-9(10)15(17)18)11(16)13-6-7-4-5-19-14-7/h1-5H,6H2,(H,13,16). The van der Waals surface area contributed by atoms with E-state index in [1.54, 1.807) is 6.07 Å². The predicted molar refractivity (Wildman–Crippen MR) is 68.5 cm³/mol. The molecule has 0 fully saturated rings. The number of hydrogen-bond acceptors (Lipinski definition) is 5. The van der Waals surface area contributed by atoms with E-state index in [4.69, 9.17) is 0 Å². The van der Waals surface area contributed by atoms with Gasteiger partial charge in [0.2, 0.25) is 0 Å². The zero-order valence-corrected chi connectivity index (χ0v) is 11.1. The molecule has 0 saturated heterocycles. The molecular weight excluding hydrogens is 318 g/mol. The van der Waals surface area contributed by atoms with Crippen molar-refractivity contribution in [1.29, 1.82) is 0 Å². The topological polar surface area (TPSA) is 98.3 Å². The number of halogens is 1. The highest BCUT2D eigenvalue weighted by molar-refractivity contribution is 9.10. The Bertz CT molecular complexity index is 612. The molecule has 2 rings (SSSR count). The summed E-state index contributed by atoms with van der Waals surface area (Å²) >= 11 is 3.06. The van der Waals surface area contributed by atoms with Gasteiger partial charge in [-0.25, -0.2) is 0 Å². The Morgan fingerprint density at radius 1 is 1.47 bits per heavy atom. The average Bonchev–Trinajstić information content (AvgIpc) is 2.89. The van der Waals surface area contributed by atoms with Crippen LogP contribution in [0, 0.1) is 10.1 Å². The van der Waals surface area contributed by atoms with Crippen molar-refractivity contribution in [1.82, 2.24) is 10.5 Å². The third-order valence-electron chi connectivity index (χ3n) is 2.34. The minimum Gasteiger partial charge on any atom is -0.364 e. The first-order chi connectivity index (χ1) is 9.09. The molecule has 7 nitrogen and oxygen atoms in total. The summed E-state index contributed by atoms with van der Waals surface area (Å²) in [6.07, 6.45) is 1.39. The van der Waals surface area contributed by atoms with Crippen LogP contribution in [0.5, 0.6) is 0 Å². The summed E-state index contributed by atoms with van der Waals surface area (Å²) in [5, 5.41) is 17.0. The van der Waals surface area contributed by atoms with Crippen molar-refractivity contribution in [2.75, 3.05) is 0 Å². The van der Waals surface area contributed by atoms with Crippen LogP contribution >= 0.6 is 15.9 Å². The number of benzene rings is 1. The first kappa shape index (κ1) is 13.2. The van der Waals surface area contributed by atoms with Crippen LogP contribution in [0.4, 0.5) is 5.69 Å². The van der Waals surface area contributed by atoms with E-state index in [9.17, 15) is 14.9 Å². The molecule has 1 aromatic carbocycles. The van der Waals surface area contributed by atoms with E-state index in [2.05, 4.69) is 30.9 Å². The van der Waals surface area contributed by atoms with Crippen molar-refractivity contribution in [3.8, 4) is 0 Å². The van der Waals surface area contributed by atoms with Crippen LogP contribution in [0.1, 0.15) is 16.1 Å². The Morgan fingerprint density at radius 3 is 2.89 bits per heavy atom. The maximum atomic E-state index is 11.9. The number of nitrogens with one attached hydrogen (secondary N) is 1. The zero-order valence-electron chi connectivity index (χ0n) is 9.50. The molecule has 0 unspecified atom stereocenters. The van der Waals surface area contributed by atoms with Crippen molar-refractivity contribution in [3.63, 3.8) is 0 Å². The molecule has 0 atom stereocenters. The fourth-order valence-electron chi connectivity index (χ4n) is 1.43. The second-order valence-electron chi connectivity index (χ2n) is 3.57. The molecule has 0 bridgehead atoms. The Kier molecular flexibility index (Phi) is 3.91. The molecule has 1 N–H and O–H groups in total. The lowest BCUT2D eigenvalue weighted by molar-refractivity contribution is -0.385. The maximum Gasteiger partial charge on any atom is 0.284 e. The van der Waals surface area contributed by atoms with Crippen molar-refractivity contribution >= 4 is 27.5 Å². The van der Waals surface area contributed by atoms with E-state index in [-0.39, 0.29) is 22.3 Å². The lowest BCUT2D eigenvalue weighted by atomic mass is 10.2. The summed E-state index contributed by atoms with van der Waals surface area (Å²) in [4.78, 5) is 22.1. The predicted octanol–water partition coefficient (Wildman–Crippen LogP) is 2.28. The van der Waals surface area contributed by atoms with E-state index in [0.29, 0.717) is 5.69 Å². The first-order valence-corrected chi connectivity index (χ1v) is 5.99. The van der Waals surface area contributed by atoms with Crippen LogP contribution in [0.2, 0.25) is 0 Å². The molecule has 8 heteroatoms. The molecule has 0 saturated carbocycles. The fraction of sp³-hybridized carbons (Fsp3) is 0.0909. The summed E-state index contributed by atoms with van der Waals surface area (Å²) in [6, 6.07) is 5.88. The summed E-state index contributed by atoms with van der Waals surface area (Å²) in [6.45, 7) is 0.185. The van der Waals surface area contributed by atoms with Gasteiger partial charge in [0.25, 0.3) is 11.6 Å². The number of amides is 1. The van der Waals surface area contributed by atoms with Gasteiger partial charge in [-0.1, -0.05) is 11.2 Å². The molecule has 1 amide bonds. The van der Waals surface area contributed by atoms with Gasteiger partial charge in [-0.15, -0.1) is 0 Å². The van der Waals surface area contributed by atoms with Gasteiger partial charge >= 0.3 is 0 Å². The largest absolute Gasteiger partial charge is 0.364 e. The Labute approximate surface area is 115 Å². The molecule has 0 aliphatic rings. The molecule has 0 aliphatic heterocycles. The number of carbonyl (C=O) groups excluding carboxylic acids is 1. The van der Waals surface area contributed by atoms with Gasteiger partial charge in [-0.2, -0.15) is 0 Å². The first-order valence-electron chi connectivity index (χ1n) is 5.20. The van der Waals surface area contributed by atoms with Crippen molar-refractivity contribution in [3.05, 3.63) is 56.4 Å². The molecule has 19 heavy (non-hydrogen) atoms.